The van der Waals surface area contributed by atoms with E-state index in [2.05, 4.69) is 246 Å². The summed E-state index contributed by atoms with van der Waals surface area (Å²) in [6, 6.07) is 87.7. The Morgan fingerprint density at radius 3 is 1.68 bits per heavy atom. The number of benzene rings is 11. The van der Waals surface area contributed by atoms with E-state index in [4.69, 9.17) is 4.42 Å². The lowest BCUT2D eigenvalue weighted by Gasteiger charge is -2.28. The van der Waals surface area contributed by atoms with Crippen LogP contribution < -0.4 is 4.90 Å². The minimum absolute atomic E-state index is 0.896. The fourth-order valence-electron chi connectivity index (χ4n) is 10.3. The first kappa shape index (κ1) is 36.9. The van der Waals surface area contributed by atoms with Gasteiger partial charge in [0.2, 0.25) is 0 Å². The van der Waals surface area contributed by atoms with E-state index in [9.17, 15) is 0 Å². The van der Waals surface area contributed by atoms with Gasteiger partial charge in [-0.15, -0.1) is 0 Å². The molecule has 0 amide bonds. The number of anilines is 3. The molecule has 3 heteroatoms. The van der Waals surface area contributed by atoms with E-state index in [0.29, 0.717) is 0 Å². The molecule has 0 aliphatic rings. The van der Waals surface area contributed by atoms with Crippen molar-refractivity contribution in [3.63, 3.8) is 0 Å². The molecular weight excluding hydrogens is 789 g/mol. The van der Waals surface area contributed by atoms with Gasteiger partial charge in [0.15, 0.2) is 0 Å². The molecule has 0 saturated heterocycles. The second-order valence-electron chi connectivity index (χ2n) is 16.8. The molecule has 0 bridgehead atoms. The number of furan rings is 1. The van der Waals surface area contributed by atoms with Crippen LogP contribution in [0.25, 0.3) is 104 Å². The molecular formula is C62H40N2O. The van der Waals surface area contributed by atoms with Crippen LogP contribution in [0.1, 0.15) is 0 Å². The van der Waals surface area contributed by atoms with Gasteiger partial charge in [0.1, 0.15) is 11.2 Å². The van der Waals surface area contributed by atoms with Crippen LogP contribution in [0, 0.1) is 0 Å². The first-order chi connectivity index (χ1) is 32.3. The van der Waals surface area contributed by atoms with Crippen molar-refractivity contribution in [2.75, 3.05) is 4.90 Å². The number of fused-ring (bicyclic) bond motifs is 9. The summed E-state index contributed by atoms with van der Waals surface area (Å²) in [5.41, 5.74) is 15.4. The molecule has 0 radical (unpaired) electrons. The third-order valence-electron chi connectivity index (χ3n) is 13.2. The van der Waals surface area contributed by atoms with Gasteiger partial charge in [-0.1, -0.05) is 188 Å². The number of para-hydroxylation sites is 5. The van der Waals surface area contributed by atoms with Crippen molar-refractivity contribution < 1.29 is 4.42 Å². The smallest absolute Gasteiger partial charge is 0.143 e. The Hall–Kier alpha value is -8.66. The van der Waals surface area contributed by atoms with Gasteiger partial charge in [0, 0.05) is 49.4 Å². The van der Waals surface area contributed by atoms with E-state index in [-0.39, 0.29) is 0 Å². The zero-order valence-corrected chi connectivity index (χ0v) is 35.4. The van der Waals surface area contributed by atoms with Crippen LogP contribution in [0.3, 0.4) is 0 Å². The lowest BCUT2D eigenvalue weighted by molar-refractivity contribution is 0.670. The molecule has 0 aliphatic carbocycles. The number of hydrogen-bond acceptors (Lipinski definition) is 2. The third kappa shape index (κ3) is 5.97. The maximum absolute atomic E-state index is 6.56. The Labute approximate surface area is 376 Å². The van der Waals surface area contributed by atoms with Gasteiger partial charge < -0.3 is 13.9 Å². The number of hydrogen-bond donors (Lipinski definition) is 0. The molecule has 13 aromatic rings. The molecule has 0 saturated carbocycles. The summed E-state index contributed by atoms with van der Waals surface area (Å²) in [6.45, 7) is 0. The molecule has 2 heterocycles. The van der Waals surface area contributed by atoms with Gasteiger partial charge in [0.25, 0.3) is 0 Å². The van der Waals surface area contributed by atoms with E-state index in [1.54, 1.807) is 0 Å². The number of nitrogens with zero attached hydrogens (tertiary/aromatic N) is 2. The molecule has 2 aromatic heterocycles. The zero-order chi connectivity index (χ0) is 42.8. The summed E-state index contributed by atoms with van der Waals surface area (Å²) >= 11 is 0. The second kappa shape index (κ2) is 15.0. The zero-order valence-electron chi connectivity index (χ0n) is 35.4. The fraction of sp³-hybridized carbons (Fsp3) is 0. The van der Waals surface area contributed by atoms with Crippen LogP contribution in [-0.4, -0.2) is 4.57 Å². The maximum atomic E-state index is 6.56. The van der Waals surface area contributed by atoms with Crippen molar-refractivity contribution in [2.45, 2.75) is 0 Å². The van der Waals surface area contributed by atoms with E-state index in [0.717, 1.165) is 61.4 Å². The Morgan fingerprint density at radius 2 is 0.892 bits per heavy atom. The molecule has 0 N–H and O–H groups in total. The number of aromatic nitrogens is 1. The second-order valence-corrected chi connectivity index (χ2v) is 16.8. The van der Waals surface area contributed by atoms with Gasteiger partial charge in [-0.25, -0.2) is 0 Å². The van der Waals surface area contributed by atoms with Crippen LogP contribution in [0.2, 0.25) is 0 Å². The molecule has 3 nitrogen and oxygen atoms in total. The lowest BCUT2D eigenvalue weighted by Crippen LogP contribution is -2.11. The minimum Gasteiger partial charge on any atom is -0.455 e. The normalized spacial score (nSPS) is 11.7. The van der Waals surface area contributed by atoms with Gasteiger partial charge in [0.05, 0.1) is 22.4 Å². The van der Waals surface area contributed by atoms with Crippen LogP contribution in [0.4, 0.5) is 17.1 Å². The SMILES string of the molecule is c1cc(-c2cccc3c2oc2ccccc23)cc(N(c2ccc(-c3ccccc3-c3ccccc3-n3c4ccccc4c4ccccc43)cc2)c2cc3ccccc3c3ccccc23)c1. The van der Waals surface area contributed by atoms with Crippen molar-refractivity contribution in [1.82, 2.24) is 4.57 Å². The molecule has 304 valence electrons. The summed E-state index contributed by atoms with van der Waals surface area (Å²) in [6.07, 6.45) is 0. The molecule has 0 fully saturated rings. The summed E-state index contributed by atoms with van der Waals surface area (Å²) in [7, 11) is 0. The van der Waals surface area contributed by atoms with Gasteiger partial charge in [-0.05, 0) is 93.0 Å². The average Bonchev–Trinajstić information content (AvgIpc) is 3.93. The van der Waals surface area contributed by atoms with Crippen LogP contribution in [-0.2, 0) is 0 Å². The van der Waals surface area contributed by atoms with Crippen molar-refractivity contribution >= 4 is 82.4 Å². The minimum atomic E-state index is 0.896. The third-order valence-corrected chi connectivity index (χ3v) is 13.2. The molecule has 65 heavy (non-hydrogen) atoms. The fourth-order valence-corrected chi connectivity index (χ4v) is 10.3. The predicted octanol–water partition coefficient (Wildman–Crippen LogP) is 17.5. The molecule has 13 rings (SSSR count). The Bertz CT molecular complexity index is 3910. The summed E-state index contributed by atoms with van der Waals surface area (Å²) in [5.74, 6) is 0. The maximum Gasteiger partial charge on any atom is 0.143 e. The standard InChI is InChI=1S/C62H40N2O/c1-2-21-47-43(17-1)40-60(52-25-6-5-23-50(47)52)63(45-19-15-18-42(39-45)48-29-16-30-56-55-28-10-14-34-61(55)65-62(48)56)44-37-35-41(36-38-44)46-20-3-4-22-49(46)51-24-7-11-31-57(51)64-58-32-12-8-26-53(58)54-27-9-13-33-59(54)64/h1-40H. The first-order valence-corrected chi connectivity index (χ1v) is 22.3. The van der Waals surface area contributed by atoms with Crippen molar-refractivity contribution in [2.24, 2.45) is 0 Å². The van der Waals surface area contributed by atoms with E-state index < -0.39 is 0 Å². The molecule has 11 aromatic carbocycles. The van der Waals surface area contributed by atoms with Crippen molar-refractivity contribution in [3.05, 3.63) is 243 Å². The highest BCUT2D eigenvalue weighted by Crippen LogP contribution is 2.45. The monoisotopic (exact) mass is 828 g/mol. The Balaban J connectivity index is 0.974. The molecule has 0 aliphatic heterocycles. The van der Waals surface area contributed by atoms with Crippen LogP contribution in [0.5, 0.6) is 0 Å². The summed E-state index contributed by atoms with van der Waals surface area (Å²) in [4.78, 5) is 2.42. The van der Waals surface area contributed by atoms with Gasteiger partial charge >= 0.3 is 0 Å². The lowest BCUT2D eigenvalue weighted by atomic mass is 9.93. The molecule has 0 spiro atoms. The highest BCUT2D eigenvalue weighted by Gasteiger charge is 2.21. The first-order valence-electron chi connectivity index (χ1n) is 22.3. The summed E-state index contributed by atoms with van der Waals surface area (Å²) in [5, 5.41) is 9.60. The van der Waals surface area contributed by atoms with Crippen LogP contribution >= 0.6 is 0 Å². The molecule has 0 atom stereocenters. The van der Waals surface area contributed by atoms with Crippen LogP contribution in [0.15, 0.2) is 247 Å². The van der Waals surface area contributed by atoms with Crippen molar-refractivity contribution in [1.29, 1.82) is 0 Å². The van der Waals surface area contributed by atoms with E-state index in [1.807, 2.05) is 6.07 Å². The van der Waals surface area contributed by atoms with Gasteiger partial charge in [-0.3, -0.25) is 0 Å². The average molecular weight is 829 g/mol. The van der Waals surface area contributed by atoms with Crippen molar-refractivity contribution in [3.8, 4) is 39.1 Å². The molecule has 0 unspecified atom stereocenters. The predicted molar refractivity (Wildman–Crippen MR) is 274 cm³/mol. The Kier molecular flexibility index (Phi) is 8.53. The highest BCUT2D eigenvalue weighted by atomic mass is 16.3. The summed E-state index contributed by atoms with van der Waals surface area (Å²) < 4.78 is 8.99. The van der Waals surface area contributed by atoms with Gasteiger partial charge in [-0.2, -0.15) is 0 Å². The van der Waals surface area contributed by atoms with E-state index in [1.165, 1.54) is 60.0 Å². The highest BCUT2D eigenvalue weighted by molar-refractivity contribution is 6.15. The quantitative estimate of drug-likeness (QED) is 0.149. The largest absolute Gasteiger partial charge is 0.455 e. The Morgan fingerprint density at radius 1 is 0.323 bits per heavy atom. The topological polar surface area (TPSA) is 21.3 Å². The number of rotatable bonds is 7. The van der Waals surface area contributed by atoms with E-state index >= 15 is 0 Å².